The molecule has 1 saturated carbocycles. The Morgan fingerprint density at radius 1 is 1.17 bits per heavy atom. The van der Waals surface area contributed by atoms with Crippen molar-refractivity contribution < 1.29 is 8.95 Å². The number of allylic oxidation sites excluding steroid dienone is 1. The van der Waals surface area contributed by atoms with Crippen LogP contribution in [0.15, 0.2) is 41.0 Å². The summed E-state index contributed by atoms with van der Waals surface area (Å²) >= 11 is 0. The Hall–Kier alpha value is -1.09. The van der Waals surface area contributed by atoms with Crippen LogP contribution < -0.4 is 0 Å². The van der Waals surface area contributed by atoms with Crippen LogP contribution in [0.5, 0.6) is 0 Å². The van der Waals surface area contributed by atoms with Crippen molar-refractivity contribution in [2.75, 3.05) is 5.75 Å². The SMILES string of the molecule is Cc1ccc(S(=O)CC2=C[C@@H]3CC(C)(C)CC[C@H]3C(C)(C)O2)cc1. The van der Waals surface area contributed by atoms with Crippen molar-refractivity contribution >= 4 is 10.8 Å². The summed E-state index contributed by atoms with van der Waals surface area (Å²) in [5, 5.41) is 0. The van der Waals surface area contributed by atoms with Crippen molar-refractivity contribution in [2.24, 2.45) is 17.3 Å². The number of rotatable bonds is 3. The van der Waals surface area contributed by atoms with E-state index >= 15 is 0 Å². The van der Waals surface area contributed by atoms with Crippen molar-refractivity contribution in [3.05, 3.63) is 41.7 Å². The number of ether oxygens (including phenoxy) is 1. The van der Waals surface area contributed by atoms with Gasteiger partial charge in [-0.1, -0.05) is 31.5 Å². The molecule has 0 saturated heterocycles. The highest BCUT2D eigenvalue weighted by atomic mass is 32.2. The van der Waals surface area contributed by atoms with Gasteiger partial charge >= 0.3 is 0 Å². The van der Waals surface area contributed by atoms with E-state index in [9.17, 15) is 4.21 Å². The molecule has 0 N–H and O–H groups in total. The van der Waals surface area contributed by atoms with Gasteiger partial charge in [0.05, 0.1) is 16.6 Å². The van der Waals surface area contributed by atoms with Gasteiger partial charge in [0, 0.05) is 10.8 Å². The van der Waals surface area contributed by atoms with Gasteiger partial charge in [0.2, 0.25) is 0 Å². The van der Waals surface area contributed by atoms with E-state index in [2.05, 4.69) is 33.8 Å². The standard InChI is InChI=1S/C21H30O2S/c1-15-6-8-18(9-7-15)24(22)14-17-12-16-13-20(2,3)11-10-19(16)21(4,5)23-17/h6-9,12,16,19H,10-11,13-14H2,1-5H3/t16-,19-,24?/m1/s1. The molecule has 1 aliphatic carbocycles. The fraction of sp³-hybridized carbons (Fsp3) is 0.619. The van der Waals surface area contributed by atoms with Gasteiger partial charge in [-0.15, -0.1) is 0 Å². The Kier molecular flexibility index (Phi) is 4.67. The topological polar surface area (TPSA) is 26.3 Å². The van der Waals surface area contributed by atoms with Gasteiger partial charge in [-0.25, -0.2) is 0 Å². The highest BCUT2D eigenvalue weighted by Crippen LogP contribution is 2.50. The van der Waals surface area contributed by atoms with E-state index in [0.717, 1.165) is 10.7 Å². The Labute approximate surface area is 149 Å². The van der Waals surface area contributed by atoms with Crippen molar-refractivity contribution in [3.8, 4) is 0 Å². The van der Waals surface area contributed by atoms with E-state index in [1.165, 1.54) is 24.8 Å². The summed E-state index contributed by atoms with van der Waals surface area (Å²) in [6.07, 6.45) is 5.96. The van der Waals surface area contributed by atoms with Crippen LogP contribution >= 0.6 is 0 Å². The monoisotopic (exact) mass is 346 g/mol. The molecule has 0 bridgehead atoms. The average Bonchev–Trinajstić information content (AvgIpc) is 2.45. The zero-order chi connectivity index (χ0) is 17.5. The van der Waals surface area contributed by atoms with Crippen LogP contribution in [0.25, 0.3) is 0 Å². The molecular formula is C21H30O2S. The van der Waals surface area contributed by atoms with Gasteiger partial charge in [0.15, 0.2) is 0 Å². The van der Waals surface area contributed by atoms with Crippen molar-refractivity contribution in [3.63, 3.8) is 0 Å². The van der Waals surface area contributed by atoms with E-state index in [0.29, 0.717) is 23.0 Å². The van der Waals surface area contributed by atoms with Crippen LogP contribution in [0, 0.1) is 24.2 Å². The third-order valence-electron chi connectivity index (χ3n) is 5.68. The molecule has 132 valence electrons. The van der Waals surface area contributed by atoms with Crippen LogP contribution in [0.3, 0.4) is 0 Å². The molecule has 1 unspecified atom stereocenters. The lowest BCUT2D eigenvalue weighted by Gasteiger charge is -2.49. The highest BCUT2D eigenvalue weighted by Gasteiger charge is 2.45. The molecule has 0 aromatic heterocycles. The fourth-order valence-electron chi connectivity index (χ4n) is 4.35. The maximum Gasteiger partial charge on any atom is 0.106 e. The van der Waals surface area contributed by atoms with Crippen molar-refractivity contribution in [2.45, 2.75) is 64.4 Å². The first-order chi connectivity index (χ1) is 11.2. The van der Waals surface area contributed by atoms with E-state index in [1.54, 1.807) is 0 Å². The summed E-state index contributed by atoms with van der Waals surface area (Å²) in [5.41, 5.74) is 1.42. The van der Waals surface area contributed by atoms with Gasteiger partial charge in [-0.3, -0.25) is 4.21 Å². The summed E-state index contributed by atoms with van der Waals surface area (Å²) in [7, 11) is -1.05. The number of fused-ring (bicyclic) bond motifs is 1. The predicted molar refractivity (Wildman–Crippen MR) is 100 cm³/mol. The van der Waals surface area contributed by atoms with Gasteiger partial charge < -0.3 is 4.74 Å². The molecule has 0 spiro atoms. The van der Waals surface area contributed by atoms with Crippen LogP contribution in [-0.4, -0.2) is 15.6 Å². The average molecular weight is 347 g/mol. The van der Waals surface area contributed by atoms with E-state index in [1.807, 2.05) is 31.2 Å². The van der Waals surface area contributed by atoms with Crippen LogP contribution in [0.4, 0.5) is 0 Å². The second-order valence-electron chi connectivity index (χ2n) is 8.82. The summed E-state index contributed by atoms with van der Waals surface area (Å²) in [6.45, 7) is 11.2. The normalized spacial score (nSPS) is 29.1. The summed E-state index contributed by atoms with van der Waals surface area (Å²) in [5.74, 6) is 2.51. The quantitative estimate of drug-likeness (QED) is 0.748. The Morgan fingerprint density at radius 3 is 2.50 bits per heavy atom. The minimum Gasteiger partial charge on any atom is -0.491 e. The first kappa shape index (κ1) is 17.7. The first-order valence-electron chi connectivity index (χ1n) is 9.01. The minimum atomic E-state index is -1.05. The molecule has 3 heteroatoms. The lowest BCUT2D eigenvalue weighted by atomic mass is 9.62. The maximum absolute atomic E-state index is 12.7. The lowest BCUT2D eigenvalue weighted by molar-refractivity contribution is -0.0755. The van der Waals surface area contributed by atoms with Gasteiger partial charge in [-0.2, -0.15) is 0 Å². The van der Waals surface area contributed by atoms with Gasteiger partial charge in [0.1, 0.15) is 11.4 Å². The van der Waals surface area contributed by atoms with Gasteiger partial charge in [-0.05, 0) is 69.6 Å². The molecule has 1 aromatic carbocycles. The first-order valence-corrected chi connectivity index (χ1v) is 10.3. The molecule has 0 amide bonds. The molecule has 1 heterocycles. The van der Waals surface area contributed by atoms with E-state index in [-0.39, 0.29) is 5.60 Å². The number of hydrogen-bond donors (Lipinski definition) is 0. The smallest absolute Gasteiger partial charge is 0.106 e. The zero-order valence-electron chi connectivity index (χ0n) is 15.6. The Balaban J connectivity index is 1.79. The molecule has 3 atom stereocenters. The lowest BCUT2D eigenvalue weighted by Crippen LogP contribution is -2.46. The molecule has 2 aliphatic rings. The molecule has 2 nitrogen and oxygen atoms in total. The predicted octanol–water partition coefficient (Wildman–Crippen LogP) is 5.24. The Morgan fingerprint density at radius 2 is 1.83 bits per heavy atom. The highest BCUT2D eigenvalue weighted by molar-refractivity contribution is 7.85. The molecule has 1 aliphatic heterocycles. The number of hydrogen-bond acceptors (Lipinski definition) is 2. The minimum absolute atomic E-state index is 0.164. The van der Waals surface area contributed by atoms with Crippen molar-refractivity contribution in [1.29, 1.82) is 0 Å². The summed E-state index contributed by atoms with van der Waals surface area (Å²) in [6, 6.07) is 7.97. The molecule has 1 aromatic rings. The maximum atomic E-state index is 12.7. The molecule has 24 heavy (non-hydrogen) atoms. The van der Waals surface area contributed by atoms with Gasteiger partial charge in [0.25, 0.3) is 0 Å². The zero-order valence-corrected chi connectivity index (χ0v) is 16.4. The van der Waals surface area contributed by atoms with Crippen LogP contribution in [0.2, 0.25) is 0 Å². The van der Waals surface area contributed by atoms with Crippen LogP contribution in [-0.2, 0) is 15.5 Å². The molecular weight excluding hydrogens is 316 g/mol. The molecule has 0 radical (unpaired) electrons. The Bertz CT molecular complexity index is 655. The van der Waals surface area contributed by atoms with Crippen molar-refractivity contribution in [1.82, 2.24) is 0 Å². The third-order valence-corrected chi connectivity index (χ3v) is 7.03. The third kappa shape index (κ3) is 3.77. The summed E-state index contributed by atoms with van der Waals surface area (Å²) < 4.78 is 19.0. The second-order valence-corrected chi connectivity index (χ2v) is 10.3. The molecule has 3 rings (SSSR count). The number of benzene rings is 1. The summed E-state index contributed by atoms with van der Waals surface area (Å²) in [4.78, 5) is 0.883. The second kappa shape index (κ2) is 6.33. The van der Waals surface area contributed by atoms with Crippen LogP contribution in [0.1, 0.15) is 52.5 Å². The largest absolute Gasteiger partial charge is 0.491 e. The molecule has 1 fully saturated rings. The van der Waals surface area contributed by atoms with E-state index in [4.69, 9.17) is 4.74 Å². The van der Waals surface area contributed by atoms with E-state index < -0.39 is 10.8 Å². The fourth-order valence-corrected chi connectivity index (χ4v) is 5.37. The number of aryl methyl sites for hydroxylation is 1.